The van der Waals surface area contributed by atoms with Crippen molar-refractivity contribution in [2.75, 3.05) is 31.1 Å². The van der Waals surface area contributed by atoms with E-state index < -0.39 is 4.92 Å². The zero-order valence-electron chi connectivity index (χ0n) is 14.5. The van der Waals surface area contributed by atoms with E-state index in [1.807, 2.05) is 36.1 Å². The van der Waals surface area contributed by atoms with E-state index in [0.717, 1.165) is 24.3 Å². The average Bonchev–Trinajstić information content (AvgIpc) is 2.67. The van der Waals surface area contributed by atoms with Crippen LogP contribution in [0.25, 0.3) is 0 Å². The SMILES string of the molecule is C[C@@H](C(=O)N1CCN(c2cccc(Cl)c2)CC1)c1ccc([N+](=O)[O-])cc1. The maximum atomic E-state index is 12.8. The van der Waals surface area contributed by atoms with Gasteiger partial charge in [0.2, 0.25) is 5.91 Å². The number of anilines is 1. The van der Waals surface area contributed by atoms with Crippen LogP contribution in [0.3, 0.4) is 0 Å². The van der Waals surface area contributed by atoms with Gasteiger partial charge in [0.15, 0.2) is 0 Å². The standard InChI is InChI=1S/C19H20ClN3O3/c1-14(15-5-7-17(8-6-15)23(25)26)19(24)22-11-9-21(10-12-22)18-4-2-3-16(20)13-18/h2-8,13-14H,9-12H2,1H3/t14-/m1/s1. The topological polar surface area (TPSA) is 66.7 Å². The van der Waals surface area contributed by atoms with Gasteiger partial charge in [-0.1, -0.05) is 29.8 Å². The first kappa shape index (κ1) is 18.2. The first-order chi connectivity index (χ1) is 12.5. The zero-order chi connectivity index (χ0) is 18.7. The Balaban J connectivity index is 1.61. The highest BCUT2D eigenvalue weighted by molar-refractivity contribution is 6.30. The molecule has 136 valence electrons. The summed E-state index contributed by atoms with van der Waals surface area (Å²) in [7, 11) is 0. The van der Waals surface area contributed by atoms with Crippen LogP contribution in [0.15, 0.2) is 48.5 Å². The molecule has 2 aromatic carbocycles. The Hall–Kier alpha value is -2.60. The molecule has 0 aromatic heterocycles. The third-order valence-corrected chi connectivity index (χ3v) is 4.97. The maximum Gasteiger partial charge on any atom is 0.269 e. The quantitative estimate of drug-likeness (QED) is 0.605. The molecule has 0 aliphatic carbocycles. The summed E-state index contributed by atoms with van der Waals surface area (Å²) < 4.78 is 0. The van der Waals surface area contributed by atoms with Crippen LogP contribution in [-0.4, -0.2) is 41.9 Å². The number of benzene rings is 2. The number of nitrogens with zero attached hydrogens (tertiary/aromatic N) is 3. The van der Waals surface area contributed by atoms with Gasteiger partial charge < -0.3 is 9.80 Å². The Morgan fingerprint density at radius 2 is 1.77 bits per heavy atom. The summed E-state index contributed by atoms with van der Waals surface area (Å²) in [6, 6.07) is 13.9. The van der Waals surface area contributed by atoms with Gasteiger partial charge in [-0.05, 0) is 30.7 Å². The molecule has 1 aliphatic rings. The van der Waals surface area contributed by atoms with Gasteiger partial charge in [-0.3, -0.25) is 14.9 Å². The molecule has 0 unspecified atom stereocenters. The summed E-state index contributed by atoms with van der Waals surface area (Å²) in [6.45, 7) is 4.62. The summed E-state index contributed by atoms with van der Waals surface area (Å²) >= 11 is 6.05. The minimum Gasteiger partial charge on any atom is -0.368 e. The predicted molar refractivity (Wildman–Crippen MR) is 102 cm³/mol. The number of carbonyl (C=O) groups excluding carboxylic acids is 1. The Kier molecular flexibility index (Phi) is 5.42. The lowest BCUT2D eigenvalue weighted by Gasteiger charge is -2.37. The molecule has 3 rings (SSSR count). The third kappa shape index (κ3) is 3.96. The second-order valence-electron chi connectivity index (χ2n) is 6.36. The molecule has 1 atom stereocenters. The number of nitro groups is 1. The van der Waals surface area contributed by atoms with Crippen LogP contribution < -0.4 is 4.90 Å². The molecule has 0 saturated carbocycles. The molecular weight excluding hydrogens is 354 g/mol. The molecule has 1 amide bonds. The van der Waals surface area contributed by atoms with E-state index >= 15 is 0 Å². The van der Waals surface area contributed by atoms with Crippen molar-refractivity contribution in [3.8, 4) is 0 Å². The van der Waals surface area contributed by atoms with Crippen LogP contribution in [0.4, 0.5) is 11.4 Å². The fourth-order valence-corrected chi connectivity index (χ4v) is 3.34. The van der Waals surface area contributed by atoms with Crippen molar-refractivity contribution < 1.29 is 9.72 Å². The number of hydrogen-bond donors (Lipinski definition) is 0. The van der Waals surface area contributed by atoms with Crippen molar-refractivity contribution >= 4 is 28.9 Å². The Bertz CT molecular complexity index is 802. The molecule has 6 nitrogen and oxygen atoms in total. The van der Waals surface area contributed by atoms with E-state index in [1.165, 1.54) is 12.1 Å². The molecule has 26 heavy (non-hydrogen) atoms. The van der Waals surface area contributed by atoms with Crippen molar-refractivity contribution in [3.63, 3.8) is 0 Å². The lowest BCUT2D eigenvalue weighted by Crippen LogP contribution is -2.49. The first-order valence-electron chi connectivity index (χ1n) is 8.49. The lowest BCUT2D eigenvalue weighted by atomic mass is 9.99. The monoisotopic (exact) mass is 373 g/mol. The van der Waals surface area contributed by atoms with Gasteiger partial charge in [0, 0.05) is 49.0 Å². The van der Waals surface area contributed by atoms with Crippen molar-refractivity contribution in [1.82, 2.24) is 4.90 Å². The number of halogens is 1. The Labute approximate surface area is 157 Å². The molecule has 1 heterocycles. The van der Waals surface area contributed by atoms with E-state index in [1.54, 1.807) is 12.1 Å². The number of nitro benzene ring substituents is 1. The van der Waals surface area contributed by atoms with E-state index in [4.69, 9.17) is 11.6 Å². The van der Waals surface area contributed by atoms with Crippen LogP contribution >= 0.6 is 11.6 Å². The minimum absolute atomic E-state index is 0.0311. The summed E-state index contributed by atoms with van der Waals surface area (Å²) in [5.74, 6) is -0.280. The number of non-ortho nitro benzene ring substituents is 1. The molecule has 1 fully saturated rings. The van der Waals surface area contributed by atoms with Gasteiger partial charge >= 0.3 is 0 Å². The molecule has 0 radical (unpaired) electrons. The van der Waals surface area contributed by atoms with Crippen molar-refractivity contribution in [2.45, 2.75) is 12.8 Å². The summed E-state index contributed by atoms with van der Waals surface area (Å²) in [4.78, 5) is 27.1. The van der Waals surface area contributed by atoms with Crippen LogP contribution in [0, 0.1) is 10.1 Å². The average molecular weight is 374 g/mol. The van der Waals surface area contributed by atoms with Gasteiger partial charge in [0.05, 0.1) is 10.8 Å². The molecular formula is C19H20ClN3O3. The molecule has 0 spiro atoms. The van der Waals surface area contributed by atoms with E-state index in [9.17, 15) is 14.9 Å². The van der Waals surface area contributed by atoms with E-state index in [-0.39, 0.29) is 17.5 Å². The Morgan fingerprint density at radius 3 is 2.35 bits per heavy atom. The van der Waals surface area contributed by atoms with E-state index in [2.05, 4.69) is 4.90 Å². The van der Waals surface area contributed by atoms with Gasteiger partial charge in [-0.25, -0.2) is 0 Å². The highest BCUT2D eigenvalue weighted by atomic mass is 35.5. The zero-order valence-corrected chi connectivity index (χ0v) is 15.2. The molecule has 7 heteroatoms. The summed E-state index contributed by atoms with van der Waals surface area (Å²) in [5, 5.41) is 11.5. The number of carbonyl (C=O) groups is 1. The van der Waals surface area contributed by atoms with E-state index in [0.29, 0.717) is 18.1 Å². The predicted octanol–water partition coefficient (Wildman–Crippen LogP) is 3.70. The van der Waals surface area contributed by atoms with Gasteiger partial charge in [0.25, 0.3) is 5.69 Å². The van der Waals surface area contributed by atoms with Crippen LogP contribution in [0.5, 0.6) is 0 Å². The van der Waals surface area contributed by atoms with Crippen molar-refractivity contribution in [3.05, 3.63) is 69.2 Å². The maximum absolute atomic E-state index is 12.8. The largest absolute Gasteiger partial charge is 0.368 e. The second-order valence-corrected chi connectivity index (χ2v) is 6.80. The highest BCUT2D eigenvalue weighted by Gasteiger charge is 2.26. The molecule has 0 N–H and O–H groups in total. The summed E-state index contributed by atoms with van der Waals surface area (Å²) in [5.41, 5.74) is 1.88. The molecule has 2 aromatic rings. The van der Waals surface area contributed by atoms with Crippen molar-refractivity contribution in [1.29, 1.82) is 0 Å². The van der Waals surface area contributed by atoms with Crippen LogP contribution in [0.2, 0.25) is 5.02 Å². The normalized spacial score (nSPS) is 15.6. The molecule has 1 aliphatic heterocycles. The second kappa shape index (κ2) is 7.74. The third-order valence-electron chi connectivity index (χ3n) is 4.74. The number of hydrogen-bond acceptors (Lipinski definition) is 4. The fourth-order valence-electron chi connectivity index (χ4n) is 3.16. The van der Waals surface area contributed by atoms with Gasteiger partial charge in [-0.15, -0.1) is 0 Å². The number of piperazine rings is 1. The van der Waals surface area contributed by atoms with Crippen LogP contribution in [-0.2, 0) is 4.79 Å². The fraction of sp³-hybridized carbons (Fsp3) is 0.316. The molecule has 1 saturated heterocycles. The number of amides is 1. The summed E-state index contributed by atoms with van der Waals surface area (Å²) in [6.07, 6.45) is 0. The Morgan fingerprint density at radius 1 is 1.12 bits per heavy atom. The smallest absolute Gasteiger partial charge is 0.269 e. The lowest BCUT2D eigenvalue weighted by molar-refractivity contribution is -0.384. The van der Waals surface area contributed by atoms with Crippen molar-refractivity contribution in [2.24, 2.45) is 0 Å². The van der Waals surface area contributed by atoms with Gasteiger partial charge in [-0.2, -0.15) is 0 Å². The van der Waals surface area contributed by atoms with Gasteiger partial charge in [0.1, 0.15) is 0 Å². The highest BCUT2D eigenvalue weighted by Crippen LogP contribution is 2.24. The van der Waals surface area contributed by atoms with Crippen LogP contribution in [0.1, 0.15) is 18.4 Å². The molecule has 0 bridgehead atoms. The first-order valence-corrected chi connectivity index (χ1v) is 8.87. The number of rotatable bonds is 4. The minimum atomic E-state index is -0.439.